The Balaban J connectivity index is 1.78. The fourth-order valence-electron chi connectivity index (χ4n) is 3.48. The van der Waals surface area contributed by atoms with Crippen molar-refractivity contribution in [2.24, 2.45) is 0 Å². The first-order chi connectivity index (χ1) is 16.8. The van der Waals surface area contributed by atoms with Gasteiger partial charge in [0.25, 0.3) is 5.91 Å². The van der Waals surface area contributed by atoms with Crippen molar-refractivity contribution >= 4 is 39.6 Å². The largest absolute Gasteiger partial charge is 0.488 e. The van der Waals surface area contributed by atoms with Crippen LogP contribution in [0, 0.1) is 25.2 Å². The highest BCUT2D eigenvalue weighted by atomic mass is 79.9. The van der Waals surface area contributed by atoms with Crippen LogP contribution in [0.4, 0.5) is 5.69 Å². The molecule has 1 N–H and O–H groups in total. The van der Waals surface area contributed by atoms with Crippen molar-refractivity contribution in [2.75, 3.05) is 11.9 Å². The average molecular weight is 533 g/mol. The van der Waals surface area contributed by atoms with E-state index in [2.05, 4.69) is 39.4 Å². The lowest BCUT2D eigenvalue weighted by Crippen LogP contribution is -2.14. The van der Waals surface area contributed by atoms with Gasteiger partial charge in [-0.25, -0.2) is 4.79 Å². The van der Waals surface area contributed by atoms with E-state index in [1.807, 2.05) is 26.0 Å². The van der Waals surface area contributed by atoms with Crippen LogP contribution in [0.3, 0.4) is 0 Å². The fraction of sp³-hybridized carbons (Fsp3) is 0.179. The summed E-state index contributed by atoms with van der Waals surface area (Å²) in [4.78, 5) is 24.6. The minimum absolute atomic E-state index is 0.0891. The fourth-order valence-corrected chi connectivity index (χ4v) is 3.86. The molecule has 0 heterocycles. The third-order valence-corrected chi connectivity index (χ3v) is 5.46. The van der Waals surface area contributed by atoms with Crippen molar-refractivity contribution in [1.29, 1.82) is 5.26 Å². The van der Waals surface area contributed by atoms with Crippen LogP contribution in [0.15, 0.2) is 70.7 Å². The molecule has 1 amide bonds. The number of anilines is 1. The second kappa shape index (κ2) is 12.0. The Morgan fingerprint density at radius 2 is 1.71 bits per heavy atom. The Bertz CT molecular complexity index is 1290. The Labute approximate surface area is 213 Å². The number of aryl methyl sites for hydroxylation is 2. The van der Waals surface area contributed by atoms with E-state index in [9.17, 15) is 14.9 Å². The summed E-state index contributed by atoms with van der Waals surface area (Å²) in [5, 5.41) is 12.3. The Morgan fingerprint density at radius 3 is 2.34 bits per heavy atom. The number of carbonyl (C=O) groups excluding carboxylic acids is 2. The summed E-state index contributed by atoms with van der Waals surface area (Å²) >= 11 is 3.44. The van der Waals surface area contributed by atoms with Crippen molar-refractivity contribution in [1.82, 2.24) is 0 Å². The number of ether oxygens (including phenoxy) is 2. The summed E-state index contributed by atoms with van der Waals surface area (Å²) in [7, 11) is 0. The monoisotopic (exact) mass is 532 g/mol. The number of halogens is 1. The van der Waals surface area contributed by atoms with Crippen LogP contribution < -0.4 is 10.1 Å². The van der Waals surface area contributed by atoms with Crippen molar-refractivity contribution in [3.63, 3.8) is 0 Å². The van der Waals surface area contributed by atoms with Crippen LogP contribution in [0.1, 0.15) is 39.5 Å². The van der Waals surface area contributed by atoms with Gasteiger partial charge in [0.2, 0.25) is 0 Å². The maximum Gasteiger partial charge on any atom is 0.338 e. The van der Waals surface area contributed by atoms with Gasteiger partial charge in [0.15, 0.2) is 0 Å². The van der Waals surface area contributed by atoms with Gasteiger partial charge in [-0.2, -0.15) is 5.26 Å². The smallest absolute Gasteiger partial charge is 0.338 e. The van der Waals surface area contributed by atoms with Crippen LogP contribution in [0.5, 0.6) is 5.75 Å². The second-order valence-corrected chi connectivity index (χ2v) is 8.80. The first-order valence-electron chi connectivity index (χ1n) is 11.0. The molecule has 3 rings (SSSR count). The van der Waals surface area contributed by atoms with E-state index in [4.69, 9.17) is 9.47 Å². The molecule has 0 radical (unpaired) electrons. The van der Waals surface area contributed by atoms with Crippen molar-refractivity contribution in [3.8, 4) is 11.8 Å². The number of nitrogens with one attached hydrogen (secondary N) is 1. The molecule has 0 aliphatic carbocycles. The number of esters is 1. The predicted molar refractivity (Wildman–Crippen MR) is 139 cm³/mol. The number of nitrogens with zero attached hydrogens (tertiary/aromatic N) is 1. The highest BCUT2D eigenvalue weighted by molar-refractivity contribution is 9.10. The lowest BCUT2D eigenvalue weighted by atomic mass is 10.1. The molecule has 0 aliphatic rings. The summed E-state index contributed by atoms with van der Waals surface area (Å²) < 4.78 is 11.8. The molecule has 0 unspecified atom stereocenters. The van der Waals surface area contributed by atoms with Crippen LogP contribution in [-0.2, 0) is 16.1 Å². The first-order valence-corrected chi connectivity index (χ1v) is 11.8. The lowest BCUT2D eigenvalue weighted by Gasteiger charge is -2.12. The van der Waals surface area contributed by atoms with Gasteiger partial charge in [-0.1, -0.05) is 45.3 Å². The highest BCUT2D eigenvalue weighted by Gasteiger charge is 2.13. The van der Waals surface area contributed by atoms with E-state index in [-0.39, 0.29) is 12.2 Å². The molecule has 35 heavy (non-hydrogen) atoms. The Hall–Kier alpha value is -3.89. The molecule has 0 saturated heterocycles. The summed E-state index contributed by atoms with van der Waals surface area (Å²) in [6.07, 6.45) is 1.49. The molecule has 0 aliphatic heterocycles. The van der Waals surface area contributed by atoms with E-state index in [0.29, 0.717) is 29.2 Å². The van der Waals surface area contributed by atoms with E-state index in [0.717, 1.165) is 21.2 Å². The predicted octanol–water partition coefficient (Wildman–Crippen LogP) is 6.37. The molecule has 0 aromatic heterocycles. The van der Waals surface area contributed by atoms with Crippen LogP contribution in [0.2, 0.25) is 0 Å². The van der Waals surface area contributed by atoms with Gasteiger partial charge in [-0.05, 0) is 74.9 Å². The quantitative estimate of drug-likeness (QED) is 0.207. The normalized spacial score (nSPS) is 10.9. The zero-order valence-corrected chi connectivity index (χ0v) is 21.3. The zero-order valence-electron chi connectivity index (χ0n) is 19.7. The van der Waals surface area contributed by atoms with Crippen molar-refractivity contribution in [3.05, 3.63) is 98.5 Å². The molecule has 0 atom stereocenters. The SMILES string of the molecule is CCOC(=O)c1ccc(NC(=O)/C(C#N)=C/c2cc(Br)ccc2OCc2cc(C)cc(C)c2)cc1. The molecule has 0 bridgehead atoms. The molecular weight excluding hydrogens is 508 g/mol. The standard InChI is InChI=1S/C28H25BrN2O4/c1-4-34-28(33)21-5-8-25(9-6-21)31-27(32)23(16-30)14-22-15-24(29)7-10-26(22)35-17-20-12-18(2)11-19(3)13-20/h5-15H,4,17H2,1-3H3,(H,31,32)/b23-14+. The van der Waals surface area contributed by atoms with E-state index >= 15 is 0 Å². The molecule has 0 fully saturated rings. The minimum Gasteiger partial charge on any atom is -0.488 e. The van der Waals surface area contributed by atoms with Gasteiger partial charge in [0, 0.05) is 15.7 Å². The zero-order chi connectivity index (χ0) is 25.4. The summed E-state index contributed by atoms with van der Waals surface area (Å²) in [5.74, 6) is -0.464. The van der Waals surface area contributed by atoms with Gasteiger partial charge in [-0.3, -0.25) is 4.79 Å². The Morgan fingerprint density at radius 1 is 1.03 bits per heavy atom. The third-order valence-electron chi connectivity index (χ3n) is 4.97. The maximum atomic E-state index is 12.8. The molecule has 6 nitrogen and oxygen atoms in total. The minimum atomic E-state index is -0.573. The number of nitriles is 1. The average Bonchev–Trinajstić information content (AvgIpc) is 2.82. The number of hydrogen-bond acceptors (Lipinski definition) is 5. The highest BCUT2D eigenvalue weighted by Crippen LogP contribution is 2.27. The first kappa shape index (κ1) is 25.7. The second-order valence-electron chi connectivity index (χ2n) is 7.89. The summed E-state index contributed by atoms with van der Waals surface area (Å²) in [6, 6.07) is 19.9. The van der Waals surface area contributed by atoms with Gasteiger partial charge >= 0.3 is 5.97 Å². The van der Waals surface area contributed by atoms with E-state index in [1.54, 1.807) is 43.3 Å². The maximum absolute atomic E-state index is 12.8. The topological polar surface area (TPSA) is 88.4 Å². The number of benzene rings is 3. The van der Waals surface area contributed by atoms with Crippen molar-refractivity contribution in [2.45, 2.75) is 27.4 Å². The molecule has 7 heteroatoms. The third kappa shape index (κ3) is 7.29. The van der Waals surface area contributed by atoms with Gasteiger partial charge in [0.05, 0.1) is 12.2 Å². The van der Waals surface area contributed by atoms with Crippen LogP contribution >= 0.6 is 15.9 Å². The van der Waals surface area contributed by atoms with Gasteiger partial charge in [-0.15, -0.1) is 0 Å². The molecule has 0 saturated carbocycles. The van der Waals surface area contributed by atoms with E-state index in [1.165, 1.54) is 6.08 Å². The number of rotatable bonds is 8. The Kier molecular flexibility index (Phi) is 8.82. The molecule has 0 spiro atoms. The number of amides is 1. The molecule has 3 aromatic carbocycles. The molecule has 3 aromatic rings. The lowest BCUT2D eigenvalue weighted by molar-refractivity contribution is -0.112. The van der Waals surface area contributed by atoms with Crippen LogP contribution in [-0.4, -0.2) is 18.5 Å². The molecule has 178 valence electrons. The number of hydrogen-bond donors (Lipinski definition) is 1. The summed E-state index contributed by atoms with van der Waals surface area (Å²) in [6.45, 7) is 6.43. The van der Waals surface area contributed by atoms with E-state index < -0.39 is 11.9 Å². The summed E-state index contributed by atoms with van der Waals surface area (Å²) in [5.41, 5.74) is 4.66. The van der Waals surface area contributed by atoms with Gasteiger partial charge in [0.1, 0.15) is 24.0 Å². The number of carbonyl (C=O) groups is 2. The van der Waals surface area contributed by atoms with Gasteiger partial charge < -0.3 is 14.8 Å². The van der Waals surface area contributed by atoms with Crippen LogP contribution in [0.25, 0.3) is 6.08 Å². The van der Waals surface area contributed by atoms with Crippen molar-refractivity contribution < 1.29 is 19.1 Å². The molecular formula is C28H25BrN2O4.